The van der Waals surface area contributed by atoms with Gasteiger partial charge in [0.1, 0.15) is 23.1 Å². The van der Waals surface area contributed by atoms with Crippen LogP contribution in [0.2, 0.25) is 0 Å². The van der Waals surface area contributed by atoms with Crippen molar-refractivity contribution < 1.29 is 33.3 Å². The molecular formula is C22H23NO7. The fourth-order valence-electron chi connectivity index (χ4n) is 3.39. The van der Waals surface area contributed by atoms with Gasteiger partial charge < -0.3 is 23.8 Å². The van der Waals surface area contributed by atoms with Crippen molar-refractivity contribution in [2.45, 2.75) is 19.0 Å². The fraction of sp³-hybridized carbons (Fsp3) is 0.318. The standard InChI is InChI=1S/C22H23NO7/c1-27-16-8-9-17(19(11-16)28-2)21(25)30-13-20(24)23-12-15-7-5-4-6-14(15)10-18(23)22(26)29-3/h4-9,11,18H,10,12-13H2,1-3H3/t18-/m0/s1. The van der Waals surface area contributed by atoms with Crippen molar-refractivity contribution in [3.05, 3.63) is 59.2 Å². The molecule has 0 N–H and O–H groups in total. The Labute approximate surface area is 174 Å². The molecule has 1 atom stereocenters. The van der Waals surface area contributed by atoms with Crippen LogP contribution in [-0.2, 0) is 32.0 Å². The van der Waals surface area contributed by atoms with Crippen LogP contribution < -0.4 is 9.47 Å². The van der Waals surface area contributed by atoms with E-state index in [0.29, 0.717) is 12.2 Å². The summed E-state index contributed by atoms with van der Waals surface area (Å²) in [5.41, 5.74) is 2.09. The summed E-state index contributed by atoms with van der Waals surface area (Å²) in [6.07, 6.45) is 0.342. The monoisotopic (exact) mass is 413 g/mol. The summed E-state index contributed by atoms with van der Waals surface area (Å²) in [6.45, 7) is -0.276. The van der Waals surface area contributed by atoms with E-state index in [2.05, 4.69) is 0 Å². The molecule has 1 aliphatic rings. The molecule has 1 aliphatic heterocycles. The molecule has 2 aromatic carbocycles. The number of hydrogen-bond acceptors (Lipinski definition) is 7. The Balaban J connectivity index is 1.73. The maximum absolute atomic E-state index is 12.8. The van der Waals surface area contributed by atoms with Crippen LogP contribution in [0.25, 0.3) is 0 Å². The van der Waals surface area contributed by atoms with Crippen LogP contribution in [0.3, 0.4) is 0 Å². The minimum absolute atomic E-state index is 0.166. The van der Waals surface area contributed by atoms with Crippen molar-refractivity contribution in [3.63, 3.8) is 0 Å². The third-order valence-electron chi connectivity index (χ3n) is 5.00. The van der Waals surface area contributed by atoms with Gasteiger partial charge in [0.05, 0.1) is 21.3 Å². The lowest BCUT2D eigenvalue weighted by atomic mass is 9.94. The van der Waals surface area contributed by atoms with Crippen molar-refractivity contribution in [1.29, 1.82) is 0 Å². The maximum atomic E-state index is 12.8. The second kappa shape index (κ2) is 9.30. The zero-order valence-corrected chi connectivity index (χ0v) is 17.0. The Morgan fingerprint density at radius 1 is 1.00 bits per heavy atom. The highest BCUT2D eigenvalue weighted by Gasteiger charge is 2.35. The molecule has 0 saturated heterocycles. The van der Waals surface area contributed by atoms with Gasteiger partial charge in [0.2, 0.25) is 0 Å². The summed E-state index contributed by atoms with van der Waals surface area (Å²) < 4.78 is 20.4. The predicted molar refractivity (Wildman–Crippen MR) is 106 cm³/mol. The van der Waals surface area contributed by atoms with Crippen molar-refractivity contribution in [2.24, 2.45) is 0 Å². The number of benzene rings is 2. The lowest BCUT2D eigenvalue weighted by Crippen LogP contribution is -2.50. The molecule has 0 spiro atoms. The van der Waals surface area contributed by atoms with Crippen LogP contribution in [0.5, 0.6) is 11.5 Å². The lowest BCUT2D eigenvalue weighted by Gasteiger charge is -2.35. The van der Waals surface area contributed by atoms with Gasteiger partial charge in [0, 0.05) is 19.0 Å². The van der Waals surface area contributed by atoms with Crippen molar-refractivity contribution >= 4 is 17.8 Å². The molecular weight excluding hydrogens is 390 g/mol. The molecule has 0 bridgehead atoms. The molecule has 0 saturated carbocycles. The van der Waals surface area contributed by atoms with Gasteiger partial charge >= 0.3 is 11.9 Å². The molecule has 2 aromatic rings. The molecule has 0 radical (unpaired) electrons. The van der Waals surface area contributed by atoms with E-state index >= 15 is 0 Å². The molecule has 0 aliphatic carbocycles. The van der Waals surface area contributed by atoms with E-state index < -0.39 is 30.5 Å². The highest BCUT2D eigenvalue weighted by molar-refractivity contribution is 5.94. The van der Waals surface area contributed by atoms with E-state index in [1.54, 1.807) is 12.1 Å². The summed E-state index contributed by atoms with van der Waals surface area (Å²) >= 11 is 0. The SMILES string of the molecule is COC(=O)[C@@H]1Cc2ccccc2CN1C(=O)COC(=O)c1ccc(OC)cc1OC. The largest absolute Gasteiger partial charge is 0.497 e. The number of fused-ring (bicyclic) bond motifs is 1. The van der Waals surface area contributed by atoms with Gasteiger partial charge in [0.15, 0.2) is 6.61 Å². The van der Waals surface area contributed by atoms with E-state index in [9.17, 15) is 14.4 Å². The minimum Gasteiger partial charge on any atom is -0.497 e. The average molecular weight is 413 g/mol. The number of methoxy groups -OCH3 is 3. The number of hydrogen-bond donors (Lipinski definition) is 0. The van der Waals surface area contributed by atoms with Crippen LogP contribution in [0.15, 0.2) is 42.5 Å². The zero-order chi connectivity index (χ0) is 21.7. The van der Waals surface area contributed by atoms with Crippen LogP contribution in [0.4, 0.5) is 0 Å². The summed E-state index contributed by atoms with van der Waals surface area (Å²) in [5.74, 6) is -0.921. The van der Waals surface area contributed by atoms with Gasteiger partial charge in [-0.3, -0.25) is 4.79 Å². The number of ether oxygens (including phenoxy) is 4. The van der Waals surface area contributed by atoms with E-state index in [4.69, 9.17) is 18.9 Å². The average Bonchev–Trinajstić information content (AvgIpc) is 2.80. The number of rotatable bonds is 6. The van der Waals surface area contributed by atoms with Gasteiger partial charge in [-0.05, 0) is 23.3 Å². The Morgan fingerprint density at radius 2 is 1.73 bits per heavy atom. The highest BCUT2D eigenvalue weighted by atomic mass is 16.5. The smallest absolute Gasteiger partial charge is 0.342 e. The highest BCUT2D eigenvalue weighted by Crippen LogP contribution is 2.26. The third-order valence-corrected chi connectivity index (χ3v) is 5.00. The van der Waals surface area contributed by atoms with Gasteiger partial charge in [-0.15, -0.1) is 0 Å². The Kier molecular flexibility index (Phi) is 6.56. The molecule has 0 aromatic heterocycles. The van der Waals surface area contributed by atoms with Gasteiger partial charge in [-0.25, -0.2) is 9.59 Å². The number of nitrogens with zero attached hydrogens (tertiary/aromatic N) is 1. The van der Waals surface area contributed by atoms with Gasteiger partial charge in [0.25, 0.3) is 5.91 Å². The number of carbonyl (C=O) groups is 3. The first kappa shape index (κ1) is 21.2. The van der Waals surface area contributed by atoms with E-state index in [1.807, 2.05) is 24.3 Å². The second-order valence-electron chi connectivity index (χ2n) is 6.68. The van der Waals surface area contributed by atoms with E-state index in [-0.39, 0.29) is 17.9 Å². The van der Waals surface area contributed by atoms with Crippen LogP contribution >= 0.6 is 0 Å². The summed E-state index contributed by atoms with van der Waals surface area (Å²) in [7, 11) is 4.20. The predicted octanol–water partition coefficient (Wildman–Crippen LogP) is 1.99. The zero-order valence-electron chi connectivity index (χ0n) is 17.0. The van der Waals surface area contributed by atoms with Crippen LogP contribution in [0, 0.1) is 0 Å². The number of amides is 1. The number of carbonyl (C=O) groups excluding carboxylic acids is 3. The minimum atomic E-state index is -0.772. The molecule has 30 heavy (non-hydrogen) atoms. The van der Waals surface area contributed by atoms with Crippen LogP contribution in [0.1, 0.15) is 21.5 Å². The van der Waals surface area contributed by atoms with E-state index in [1.165, 1.54) is 32.3 Å². The van der Waals surface area contributed by atoms with Gasteiger partial charge in [-0.1, -0.05) is 24.3 Å². The quantitative estimate of drug-likeness (QED) is 0.669. The molecule has 1 heterocycles. The maximum Gasteiger partial charge on any atom is 0.342 e. The third kappa shape index (κ3) is 4.37. The summed E-state index contributed by atoms with van der Waals surface area (Å²) in [6, 6.07) is 11.4. The first-order valence-electron chi connectivity index (χ1n) is 9.31. The normalized spacial score (nSPS) is 15.0. The Morgan fingerprint density at radius 3 is 2.40 bits per heavy atom. The molecule has 158 valence electrons. The van der Waals surface area contributed by atoms with Crippen LogP contribution in [-0.4, -0.2) is 56.7 Å². The molecule has 0 unspecified atom stereocenters. The Bertz CT molecular complexity index is 956. The molecule has 1 amide bonds. The molecule has 8 nitrogen and oxygen atoms in total. The second-order valence-corrected chi connectivity index (χ2v) is 6.68. The van der Waals surface area contributed by atoms with E-state index in [0.717, 1.165) is 11.1 Å². The molecule has 3 rings (SSSR count). The topological polar surface area (TPSA) is 91.4 Å². The van der Waals surface area contributed by atoms with Crippen molar-refractivity contribution in [3.8, 4) is 11.5 Å². The summed E-state index contributed by atoms with van der Waals surface area (Å²) in [4.78, 5) is 38.9. The fourth-order valence-corrected chi connectivity index (χ4v) is 3.39. The Hall–Kier alpha value is -3.55. The molecule has 0 fully saturated rings. The number of esters is 2. The first-order valence-corrected chi connectivity index (χ1v) is 9.31. The van der Waals surface area contributed by atoms with Gasteiger partial charge in [-0.2, -0.15) is 0 Å². The van der Waals surface area contributed by atoms with Crippen molar-refractivity contribution in [2.75, 3.05) is 27.9 Å². The molecule has 8 heteroatoms. The van der Waals surface area contributed by atoms with Crippen molar-refractivity contribution in [1.82, 2.24) is 4.90 Å². The summed E-state index contributed by atoms with van der Waals surface area (Å²) in [5, 5.41) is 0. The lowest BCUT2D eigenvalue weighted by molar-refractivity contribution is -0.155. The first-order chi connectivity index (χ1) is 14.5.